The Morgan fingerprint density at radius 2 is 1.90 bits per heavy atom. The van der Waals surface area contributed by atoms with E-state index in [2.05, 4.69) is 34.3 Å². The molecule has 0 aliphatic rings. The van der Waals surface area contributed by atoms with Gasteiger partial charge in [0.05, 0.1) is 22.4 Å². The van der Waals surface area contributed by atoms with Crippen molar-refractivity contribution in [2.75, 3.05) is 12.4 Å². The van der Waals surface area contributed by atoms with E-state index in [1.54, 1.807) is 14.0 Å². The molecule has 0 aliphatic carbocycles. The van der Waals surface area contributed by atoms with Crippen LogP contribution in [0, 0.1) is 5.92 Å². The van der Waals surface area contributed by atoms with Crippen molar-refractivity contribution in [3.63, 3.8) is 0 Å². The monoisotopic (exact) mass is 479 g/mol. The molecule has 2 aromatic heterocycles. The van der Waals surface area contributed by atoms with E-state index in [0.717, 1.165) is 23.7 Å². The van der Waals surface area contributed by atoms with Gasteiger partial charge in [-0.25, -0.2) is 4.98 Å². The number of hydrogen-bond acceptors (Lipinski definition) is 6. The van der Waals surface area contributed by atoms with Crippen molar-refractivity contribution in [1.82, 2.24) is 19.7 Å². The van der Waals surface area contributed by atoms with E-state index in [9.17, 15) is 4.79 Å². The Balaban J connectivity index is 1.80. The van der Waals surface area contributed by atoms with E-state index >= 15 is 0 Å². The number of methoxy groups -OCH3 is 1. The molecule has 1 amide bonds. The summed E-state index contributed by atoms with van der Waals surface area (Å²) >= 11 is 13.3. The standard InChI is InChI=1S/C21H23Cl2N5O2S/c1-12(2)11-28-19(14-5-7-16(30-4)8-6-14)26-27-21(28)31-13(3)20(29)25-18-17(23)9-15(22)10-24-18/h5-10,12-13H,11H2,1-4H3,(H,24,25,29). The van der Waals surface area contributed by atoms with Gasteiger partial charge in [-0.3, -0.25) is 4.79 Å². The van der Waals surface area contributed by atoms with Crippen molar-refractivity contribution in [3.8, 4) is 17.1 Å². The molecule has 0 saturated carbocycles. The number of anilines is 1. The van der Waals surface area contributed by atoms with E-state index in [1.165, 1.54) is 24.0 Å². The lowest BCUT2D eigenvalue weighted by atomic mass is 10.2. The summed E-state index contributed by atoms with van der Waals surface area (Å²) in [5.74, 6) is 1.91. The van der Waals surface area contributed by atoms with Crippen molar-refractivity contribution in [3.05, 3.63) is 46.6 Å². The number of pyridine rings is 1. The van der Waals surface area contributed by atoms with Crippen LogP contribution < -0.4 is 10.1 Å². The number of carbonyl (C=O) groups is 1. The molecule has 1 unspecified atom stereocenters. The summed E-state index contributed by atoms with van der Waals surface area (Å²) in [5, 5.41) is 12.4. The lowest BCUT2D eigenvalue weighted by Gasteiger charge is -2.15. The maximum atomic E-state index is 12.7. The maximum absolute atomic E-state index is 12.7. The molecule has 0 fully saturated rings. The molecule has 2 heterocycles. The zero-order valence-electron chi connectivity index (χ0n) is 17.6. The largest absolute Gasteiger partial charge is 0.497 e. The van der Waals surface area contributed by atoms with Crippen molar-refractivity contribution < 1.29 is 9.53 Å². The van der Waals surface area contributed by atoms with Crippen LogP contribution in [0.4, 0.5) is 5.82 Å². The van der Waals surface area contributed by atoms with Crippen LogP contribution in [0.15, 0.2) is 41.7 Å². The maximum Gasteiger partial charge on any atom is 0.238 e. The first-order valence-electron chi connectivity index (χ1n) is 9.64. The average molecular weight is 480 g/mol. The number of rotatable bonds is 8. The molecule has 1 aromatic carbocycles. The van der Waals surface area contributed by atoms with Gasteiger partial charge in [0.15, 0.2) is 16.8 Å². The Morgan fingerprint density at radius 3 is 2.52 bits per heavy atom. The Kier molecular flexibility index (Phi) is 7.80. The summed E-state index contributed by atoms with van der Waals surface area (Å²) in [5.41, 5.74) is 0.926. The highest BCUT2D eigenvalue weighted by Gasteiger charge is 2.22. The summed E-state index contributed by atoms with van der Waals surface area (Å²) < 4.78 is 7.27. The van der Waals surface area contributed by atoms with Crippen LogP contribution in [-0.2, 0) is 11.3 Å². The third-order valence-corrected chi connectivity index (χ3v) is 5.89. The van der Waals surface area contributed by atoms with Crippen molar-refractivity contribution >= 4 is 46.7 Å². The molecule has 0 bridgehead atoms. The summed E-state index contributed by atoms with van der Waals surface area (Å²) in [7, 11) is 1.63. The number of halogens is 2. The highest BCUT2D eigenvalue weighted by molar-refractivity contribution is 8.00. The number of nitrogens with zero attached hydrogens (tertiary/aromatic N) is 4. The predicted octanol–water partition coefficient (Wildman–Crippen LogP) is 5.43. The van der Waals surface area contributed by atoms with Crippen LogP contribution in [0.2, 0.25) is 10.0 Å². The number of ether oxygens (including phenoxy) is 1. The van der Waals surface area contributed by atoms with Gasteiger partial charge in [0.25, 0.3) is 0 Å². The first-order chi connectivity index (χ1) is 14.8. The highest BCUT2D eigenvalue weighted by Crippen LogP contribution is 2.30. The number of thioether (sulfide) groups is 1. The molecule has 3 aromatic rings. The zero-order chi connectivity index (χ0) is 22.5. The minimum absolute atomic E-state index is 0.244. The first-order valence-corrected chi connectivity index (χ1v) is 11.3. The van der Waals surface area contributed by atoms with Gasteiger partial charge in [-0.05, 0) is 43.2 Å². The first kappa shape index (κ1) is 23.4. The van der Waals surface area contributed by atoms with Crippen LogP contribution in [-0.4, -0.2) is 38.0 Å². The molecule has 7 nitrogen and oxygen atoms in total. The quantitative estimate of drug-likeness (QED) is 0.433. The average Bonchev–Trinajstić information content (AvgIpc) is 3.11. The van der Waals surface area contributed by atoms with Gasteiger partial charge in [-0.1, -0.05) is 48.8 Å². The second-order valence-corrected chi connectivity index (χ2v) is 9.42. The van der Waals surface area contributed by atoms with Gasteiger partial charge < -0.3 is 14.6 Å². The summed E-state index contributed by atoms with van der Waals surface area (Å²) in [6, 6.07) is 9.19. The van der Waals surface area contributed by atoms with Gasteiger partial charge in [0.2, 0.25) is 5.91 Å². The lowest BCUT2D eigenvalue weighted by molar-refractivity contribution is -0.115. The van der Waals surface area contributed by atoms with Crippen molar-refractivity contribution in [2.45, 2.75) is 37.7 Å². The SMILES string of the molecule is COc1ccc(-c2nnc(SC(C)C(=O)Nc3ncc(Cl)cc3Cl)n2CC(C)C)cc1. The third-order valence-electron chi connectivity index (χ3n) is 4.31. The van der Waals surface area contributed by atoms with Gasteiger partial charge in [0.1, 0.15) is 5.75 Å². The topological polar surface area (TPSA) is 81.9 Å². The molecule has 0 saturated heterocycles. The van der Waals surface area contributed by atoms with E-state index in [1.807, 2.05) is 28.8 Å². The number of carbonyl (C=O) groups excluding carboxylic acids is 1. The van der Waals surface area contributed by atoms with Crippen LogP contribution in [0.5, 0.6) is 5.75 Å². The zero-order valence-corrected chi connectivity index (χ0v) is 19.9. The van der Waals surface area contributed by atoms with Crippen LogP contribution in [0.3, 0.4) is 0 Å². The summed E-state index contributed by atoms with van der Waals surface area (Å²) in [4.78, 5) is 16.8. The molecule has 0 spiro atoms. The lowest BCUT2D eigenvalue weighted by Crippen LogP contribution is -2.24. The van der Waals surface area contributed by atoms with Crippen molar-refractivity contribution in [2.24, 2.45) is 5.92 Å². The molecule has 10 heteroatoms. The minimum Gasteiger partial charge on any atom is -0.497 e. The Morgan fingerprint density at radius 1 is 1.19 bits per heavy atom. The number of amides is 1. The second kappa shape index (κ2) is 10.3. The molecule has 164 valence electrons. The van der Waals surface area contributed by atoms with Gasteiger partial charge >= 0.3 is 0 Å². The van der Waals surface area contributed by atoms with Crippen LogP contribution in [0.25, 0.3) is 11.4 Å². The number of benzene rings is 1. The van der Waals surface area contributed by atoms with E-state index in [0.29, 0.717) is 16.1 Å². The van der Waals surface area contributed by atoms with Gasteiger partial charge in [0, 0.05) is 18.3 Å². The molecule has 3 rings (SSSR count). The number of hydrogen-bond donors (Lipinski definition) is 1. The van der Waals surface area contributed by atoms with Crippen molar-refractivity contribution in [1.29, 1.82) is 0 Å². The minimum atomic E-state index is -0.452. The molecular formula is C21H23Cl2N5O2S. The molecule has 31 heavy (non-hydrogen) atoms. The van der Waals surface area contributed by atoms with Gasteiger partial charge in [-0.2, -0.15) is 0 Å². The number of aromatic nitrogens is 4. The Labute approximate surface area is 195 Å². The predicted molar refractivity (Wildman–Crippen MR) is 125 cm³/mol. The third kappa shape index (κ3) is 5.90. The number of nitrogens with one attached hydrogen (secondary N) is 1. The molecule has 1 N–H and O–H groups in total. The second-order valence-electron chi connectivity index (χ2n) is 7.27. The normalized spacial score (nSPS) is 12.1. The fourth-order valence-corrected chi connectivity index (χ4v) is 4.08. The highest BCUT2D eigenvalue weighted by atomic mass is 35.5. The molecule has 0 aliphatic heterocycles. The van der Waals surface area contributed by atoms with E-state index < -0.39 is 5.25 Å². The van der Waals surface area contributed by atoms with E-state index in [-0.39, 0.29) is 16.7 Å². The summed E-state index contributed by atoms with van der Waals surface area (Å²) in [6.07, 6.45) is 1.43. The van der Waals surface area contributed by atoms with E-state index in [4.69, 9.17) is 27.9 Å². The fraction of sp³-hybridized carbons (Fsp3) is 0.333. The summed E-state index contributed by atoms with van der Waals surface area (Å²) in [6.45, 7) is 6.76. The van der Waals surface area contributed by atoms with Crippen LogP contribution >= 0.6 is 35.0 Å². The smallest absolute Gasteiger partial charge is 0.238 e. The Hall–Kier alpha value is -2.29. The molecule has 1 atom stereocenters. The fourth-order valence-electron chi connectivity index (χ4n) is 2.80. The van der Waals surface area contributed by atoms with Crippen LogP contribution in [0.1, 0.15) is 20.8 Å². The van der Waals surface area contributed by atoms with Gasteiger partial charge in [-0.15, -0.1) is 10.2 Å². The molecule has 0 radical (unpaired) electrons. The Bertz CT molecular complexity index is 1060. The molecular weight excluding hydrogens is 457 g/mol.